The first-order chi connectivity index (χ1) is 12.8. The maximum absolute atomic E-state index is 12.6. The van der Waals surface area contributed by atoms with Crippen molar-refractivity contribution < 1.29 is 17.9 Å². The van der Waals surface area contributed by atoms with Crippen molar-refractivity contribution in [2.24, 2.45) is 5.92 Å². The summed E-state index contributed by atoms with van der Waals surface area (Å²) in [6.07, 6.45) is 0.850. The number of hydrogen-bond acceptors (Lipinski definition) is 4. The molecule has 5 nitrogen and oxygen atoms in total. The van der Waals surface area contributed by atoms with Crippen LogP contribution in [-0.4, -0.2) is 31.8 Å². The van der Waals surface area contributed by atoms with E-state index in [1.165, 1.54) is 10.4 Å². The SMILES string of the molecule is O=C(Oc1ccc(Cl)c(Cl)c1)C1CCN(S(=O)(=O)Cc2ccccc2)CC1. The first kappa shape index (κ1) is 20.1. The van der Waals surface area contributed by atoms with E-state index in [0.29, 0.717) is 41.7 Å². The summed E-state index contributed by atoms with van der Waals surface area (Å²) in [5.74, 6) is -0.434. The van der Waals surface area contributed by atoms with Gasteiger partial charge in [0.25, 0.3) is 0 Å². The van der Waals surface area contributed by atoms with E-state index in [0.717, 1.165) is 5.56 Å². The minimum absolute atomic E-state index is 0.0355. The number of carbonyl (C=O) groups excluding carboxylic acids is 1. The fourth-order valence-corrected chi connectivity index (χ4v) is 4.84. The van der Waals surface area contributed by atoms with E-state index in [9.17, 15) is 13.2 Å². The highest BCUT2D eigenvalue weighted by Crippen LogP contribution is 2.28. The first-order valence-corrected chi connectivity index (χ1v) is 10.9. The van der Waals surface area contributed by atoms with Crippen molar-refractivity contribution in [1.29, 1.82) is 0 Å². The van der Waals surface area contributed by atoms with Gasteiger partial charge in [-0.1, -0.05) is 53.5 Å². The number of nitrogens with zero attached hydrogens (tertiary/aromatic N) is 1. The smallest absolute Gasteiger partial charge is 0.314 e. The monoisotopic (exact) mass is 427 g/mol. The lowest BCUT2D eigenvalue weighted by atomic mass is 9.98. The average molecular weight is 428 g/mol. The fraction of sp³-hybridized carbons (Fsp3) is 0.316. The Kier molecular flexibility index (Phi) is 6.42. The van der Waals surface area contributed by atoms with Crippen molar-refractivity contribution in [3.63, 3.8) is 0 Å². The summed E-state index contributed by atoms with van der Waals surface area (Å²) in [6.45, 7) is 0.604. The molecule has 1 aliphatic rings. The number of ether oxygens (including phenoxy) is 1. The fourth-order valence-electron chi connectivity index (χ4n) is 2.99. The maximum Gasteiger partial charge on any atom is 0.314 e. The molecule has 1 saturated heterocycles. The molecular weight excluding hydrogens is 409 g/mol. The lowest BCUT2D eigenvalue weighted by Gasteiger charge is -2.30. The van der Waals surface area contributed by atoms with Gasteiger partial charge < -0.3 is 4.74 Å². The van der Waals surface area contributed by atoms with Crippen LogP contribution < -0.4 is 4.74 Å². The molecule has 0 atom stereocenters. The Morgan fingerprint density at radius 1 is 1.04 bits per heavy atom. The molecule has 3 rings (SSSR count). The van der Waals surface area contributed by atoms with Gasteiger partial charge in [-0.3, -0.25) is 4.79 Å². The lowest BCUT2D eigenvalue weighted by Crippen LogP contribution is -2.41. The number of esters is 1. The largest absolute Gasteiger partial charge is 0.426 e. The van der Waals surface area contributed by atoms with Crippen molar-refractivity contribution in [3.8, 4) is 5.75 Å². The summed E-state index contributed by atoms with van der Waals surface area (Å²) in [6, 6.07) is 13.7. The zero-order chi connectivity index (χ0) is 19.4. The van der Waals surface area contributed by atoms with Crippen LogP contribution in [0.5, 0.6) is 5.75 Å². The third-order valence-corrected chi connectivity index (χ3v) is 7.07. The molecular formula is C19H19Cl2NO4S. The van der Waals surface area contributed by atoms with Gasteiger partial charge in [0.15, 0.2) is 0 Å². The molecule has 1 fully saturated rings. The van der Waals surface area contributed by atoms with Crippen LogP contribution in [0.15, 0.2) is 48.5 Å². The highest BCUT2D eigenvalue weighted by molar-refractivity contribution is 7.88. The molecule has 144 valence electrons. The Morgan fingerprint density at radius 3 is 2.33 bits per heavy atom. The molecule has 27 heavy (non-hydrogen) atoms. The molecule has 1 heterocycles. The van der Waals surface area contributed by atoms with E-state index in [1.54, 1.807) is 24.3 Å². The molecule has 1 aliphatic heterocycles. The second kappa shape index (κ2) is 8.61. The highest BCUT2D eigenvalue weighted by atomic mass is 35.5. The van der Waals surface area contributed by atoms with Crippen LogP contribution in [0.3, 0.4) is 0 Å². The molecule has 0 aromatic heterocycles. The Bertz CT molecular complexity index is 911. The second-order valence-electron chi connectivity index (χ2n) is 6.41. The summed E-state index contributed by atoms with van der Waals surface area (Å²) in [7, 11) is -3.41. The van der Waals surface area contributed by atoms with Gasteiger partial charge in [0.2, 0.25) is 10.0 Å². The van der Waals surface area contributed by atoms with Crippen molar-refractivity contribution in [2.45, 2.75) is 18.6 Å². The van der Waals surface area contributed by atoms with E-state index in [2.05, 4.69) is 0 Å². The van der Waals surface area contributed by atoms with Gasteiger partial charge >= 0.3 is 5.97 Å². The average Bonchev–Trinajstić information content (AvgIpc) is 2.65. The topological polar surface area (TPSA) is 63.7 Å². The van der Waals surface area contributed by atoms with Crippen LogP contribution in [0.2, 0.25) is 10.0 Å². The van der Waals surface area contributed by atoms with Crippen LogP contribution in [-0.2, 0) is 20.6 Å². The van der Waals surface area contributed by atoms with Gasteiger partial charge in [-0.05, 0) is 30.5 Å². The normalized spacial score (nSPS) is 16.2. The van der Waals surface area contributed by atoms with Gasteiger partial charge in [-0.25, -0.2) is 12.7 Å². The molecule has 8 heteroatoms. The lowest BCUT2D eigenvalue weighted by molar-refractivity contribution is -0.140. The van der Waals surface area contributed by atoms with Crippen molar-refractivity contribution in [3.05, 3.63) is 64.1 Å². The second-order valence-corrected chi connectivity index (χ2v) is 9.20. The Hall–Kier alpha value is -1.60. The van der Waals surface area contributed by atoms with Crippen LogP contribution in [0.4, 0.5) is 0 Å². The molecule has 0 aliphatic carbocycles. The molecule has 2 aromatic carbocycles. The summed E-state index contributed by atoms with van der Waals surface area (Å²) < 4.78 is 32.0. The molecule has 0 bridgehead atoms. The number of carbonyl (C=O) groups is 1. The molecule has 0 unspecified atom stereocenters. The van der Waals surface area contributed by atoms with E-state index in [4.69, 9.17) is 27.9 Å². The Morgan fingerprint density at radius 2 is 1.70 bits per heavy atom. The summed E-state index contributed by atoms with van der Waals surface area (Å²) in [5.41, 5.74) is 0.749. The zero-order valence-electron chi connectivity index (χ0n) is 14.5. The minimum Gasteiger partial charge on any atom is -0.426 e. The van der Waals surface area contributed by atoms with Gasteiger partial charge in [0.1, 0.15) is 5.75 Å². The standard InChI is InChI=1S/C19H19Cl2NO4S/c20-17-7-6-16(12-18(17)21)26-19(23)15-8-10-22(11-9-15)27(24,25)13-14-4-2-1-3-5-14/h1-7,12,15H,8-11,13H2. The summed E-state index contributed by atoms with van der Waals surface area (Å²) in [5, 5.41) is 0.692. The van der Waals surface area contributed by atoms with E-state index < -0.39 is 10.0 Å². The Balaban J connectivity index is 1.56. The number of rotatable bonds is 5. The molecule has 2 aromatic rings. The van der Waals surface area contributed by atoms with Crippen molar-refractivity contribution in [2.75, 3.05) is 13.1 Å². The third kappa shape index (κ3) is 5.23. The molecule has 0 amide bonds. The van der Waals surface area contributed by atoms with Crippen LogP contribution in [0, 0.1) is 5.92 Å². The van der Waals surface area contributed by atoms with Gasteiger partial charge in [0.05, 0.1) is 21.7 Å². The van der Waals surface area contributed by atoms with Crippen LogP contribution in [0.25, 0.3) is 0 Å². The molecule has 0 saturated carbocycles. The molecule has 0 radical (unpaired) electrons. The number of hydrogen-bond donors (Lipinski definition) is 0. The number of piperidine rings is 1. The number of halogens is 2. The van der Waals surface area contributed by atoms with Crippen molar-refractivity contribution >= 4 is 39.2 Å². The quantitative estimate of drug-likeness (QED) is 0.531. The molecule has 0 N–H and O–H groups in total. The van der Waals surface area contributed by atoms with Crippen molar-refractivity contribution in [1.82, 2.24) is 4.31 Å². The number of sulfonamides is 1. The third-order valence-electron chi connectivity index (χ3n) is 4.48. The minimum atomic E-state index is -3.41. The van der Waals surface area contributed by atoms with Crippen LogP contribution >= 0.6 is 23.2 Å². The predicted octanol–water partition coefficient (Wildman–Crippen LogP) is 4.14. The van der Waals surface area contributed by atoms with E-state index in [1.807, 2.05) is 18.2 Å². The summed E-state index contributed by atoms with van der Waals surface area (Å²) >= 11 is 11.8. The van der Waals surface area contributed by atoms with Crippen LogP contribution in [0.1, 0.15) is 18.4 Å². The van der Waals surface area contributed by atoms with Gasteiger partial charge in [-0.15, -0.1) is 0 Å². The first-order valence-electron chi connectivity index (χ1n) is 8.53. The van der Waals surface area contributed by atoms with E-state index >= 15 is 0 Å². The maximum atomic E-state index is 12.6. The predicted molar refractivity (Wildman–Crippen MR) is 105 cm³/mol. The van der Waals surface area contributed by atoms with Gasteiger partial charge in [0, 0.05) is 19.2 Å². The molecule has 0 spiro atoms. The highest BCUT2D eigenvalue weighted by Gasteiger charge is 2.32. The summed E-state index contributed by atoms with van der Waals surface area (Å²) in [4.78, 5) is 12.3. The zero-order valence-corrected chi connectivity index (χ0v) is 16.8. The van der Waals surface area contributed by atoms with E-state index in [-0.39, 0.29) is 17.6 Å². The van der Waals surface area contributed by atoms with Gasteiger partial charge in [-0.2, -0.15) is 0 Å². The number of benzene rings is 2. The Labute approximate surface area is 168 Å².